The van der Waals surface area contributed by atoms with E-state index in [9.17, 15) is 19.7 Å². The van der Waals surface area contributed by atoms with Gasteiger partial charge in [-0.15, -0.1) is 0 Å². The fraction of sp³-hybridized carbons (Fsp3) is 0.200. The van der Waals surface area contributed by atoms with Crippen LogP contribution in [0.15, 0.2) is 41.0 Å². The zero-order valence-electron chi connectivity index (χ0n) is 15.7. The molecular formula is C20H17ClN2O6. The van der Waals surface area contributed by atoms with Crippen LogP contribution in [0.2, 0.25) is 5.02 Å². The summed E-state index contributed by atoms with van der Waals surface area (Å²) in [7, 11) is 0. The maximum absolute atomic E-state index is 12.1. The molecule has 0 aliphatic carbocycles. The van der Waals surface area contributed by atoms with Crippen molar-refractivity contribution in [2.45, 2.75) is 20.3 Å². The van der Waals surface area contributed by atoms with Crippen molar-refractivity contribution in [2.24, 2.45) is 0 Å². The Morgan fingerprint density at radius 3 is 2.66 bits per heavy atom. The van der Waals surface area contributed by atoms with Gasteiger partial charge in [-0.05, 0) is 49.2 Å². The number of fused-ring (bicyclic) bond motifs is 1. The summed E-state index contributed by atoms with van der Waals surface area (Å²) in [5.41, 5.74) is 3.08. The van der Waals surface area contributed by atoms with Crippen molar-refractivity contribution in [3.8, 4) is 0 Å². The number of rotatable bonds is 6. The van der Waals surface area contributed by atoms with Crippen molar-refractivity contribution in [1.29, 1.82) is 0 Å². The Balaban J connectivity index is 1.61. The molecule has 0 fully saturated rings. The molecule has 9 heteroatoms. The first-order valence-electron chi connectivity index (χ1n) is 8.61. The highest BCUT2D eigenvalue weighted by Crippen LogP contribution is 2.28. The maximum Gasteiger partial charge on any atom is 0.310 e. The van der Waals surface area contributed by atoms with E-state index in [-0.39, 0.29) is 22.8 Å². The second kappa shape index (κ2) is 8.32. The molecule has 29 heavy (non-hydrogen) atoms. The lowest BCUT2D eigenvalue weighted by Gasteiger charge is -2.07. The number of amides is 1. The molecule has 0 radical (unpaired) electrons. The Morgan fingerprint density at radius 2 is 1.93 bits per heavy atom. The number of nitrogens with one attached hydrogen (secondary N) is 1. The van der Waals surface area contributed by atoms with Gasteiger partial charge in [-0.3, -0.25) is 19.7 Å². The van der Waals surface area contributed by atoms with Crippen LogP contribution in [0.1, 0.15) is 16.7 Å². The van der Waals surface area contributed by atoms with Gasteiger partial charge in [-0.25, -0.2) is 0 Å². The van der Waals surface area contributed by atoms with E-state index in [0.717, 1.165) is 22.6 Å². The summed E-state index contributed by atoms with van der Waals surface area (Å²) in [4.78, 5) is 34.5. The van der Waals surface area contributed by atoms with Gasteiger partial charge >= 0.3 is 5.97 Å². The first-order chi connectivity index (χ1) is 13.7. The average molecular weight is 417 g/mol. The quantitative estimate of drug-likeness (QED) is 0.363. The number of nitro benzene ring substituents is 1. The molecule has 1 amide bonds. The summed E-state index contributed by atoms with van der Waals surface area (Å²) < 4.78 is 10.5. The third-order valence-electron chi connectivity index (χ3n) is 4.40. The van der Waals surface area contributed by atoms with Gasteiger partial charge in [0.1, 0.15) is 11.3 Å². The number of nitro groups is 1. The average Bonchev–Trinajstić information content (AvgIpc) is 3.03. The SMILES string of the molecule is Cc1cc2occ(CC(=O)OCC(=O)Nc3ccc(Cl)cc3[N+](=O)[O-])c2cc1C. The molecule has 0 aliphatic rings. The number of hydrogen-bond donors (Lipinski definition) is 1. The van der Waals surface area contributed by atoms with Gasteiger partial charge in [0.15, 0.2) is 6.61 Å². The number of aryl methyl sites for hydroxylation is 2. The number of halogens is 1. The van der Waals surface area contributed by atoms with Crippen molar-refractivity contribution in [2.75, 3.05) is 11.9 Å². The molecule has 0 aliphatic heterocycles. The fourth-order valence-electron chi connectivity index (χ4n) is 2.77. The Kier molecular flexibility index (Phi) is 5.84. The molecule has 1 N–H and O–H groups in total. The third-order valence-corrected chi connectivity index (χ3v) is 4.63. The van der Waals surface area contributed by atoms with Crippen LogP contribution in [-0.4, -0.2) is 23.4 Å². The number of anilines is 1. The number of nitrogens with zero attached hydrogens (tertiary/aromatic N) is 1. The number of hydrogen-bond acceptors (Lipinski definition) is 6. The topological polar surface area (TPSA) is 112 Å². The predicted octanol–water partition coefficient (Wildman–Crippen LogP) is 4.34. The molecule has 0 saturated heterocycles. The Labute approximate surface area is 170 Å². The highest BCUT2D eigenvalue weighted by atomic mass is 35.5. The minimum Gasteiger partial charge on any atom is -0.464 e. The van der Waals surface area contributed by atoms with Crippen LogP contribution >= 0.6 is 11.6 Å². The molecule has 0 bridgehead atoms. The van der Waals surface area contributed by atoms with Gasteiger partial charge < -0.3 is 14.5 Å². The number of benzene rings is 2. The van der Waals surface area contributed by atoms with E-state index in [1.165, 1.54) is 18.4 Å². The number of esters is 1. The number of furan rings is 1. The van der Waals surface area contributed by atoms with Gasteiger partial charge in [0, 0.05) is 22.0 Å². The zero-order chi connectivity index (χ0) is 21.1. The summed E-state index contributed by atoms with van der Waals surface area (Å²) in [6.07, 6.45) is 1.42. The lowest BCUT2D eigenvalue weighted by Crippen LogP contribution is -2.22. The first kappa shape index (κ1) is 20.3. The predicted molar refractivity (Wildman–Crippen MR) is 107 cm³/mol. The van der Waals surface area contributed by atoms with Crippen molar-refractivity contribution in [1.82, 2.24) is 0 Å². The molecule has 1 aromatic heterocycles. The smallest absolute Gasteiger partial charge is 0.310 e. The molecule has 0 atom stereocenters. The molecule has 8 nitrogen and oxygen atoms in total. The van der Waals surface area contributed by atoms with Crippen LogP contribution in [0.3, 0.4) is 0 Å². The van der Waals surface area contributed by atoms with Crippen LogP contribution in [0.4, 0.5) is 11.4 Å². The lowest BCUT2D eigenvalue weighted by atomic mass is 10.0. The monoisotopic (exact) mass is 416 g/mol. The second-order valence-electron chi connectivity index (χ2n) is 6.50. The van der Waals surface area contributed by atoms with Crippen molar-refractivity contribution < 1.29 is 23.7 Å². The van der Waals surface area contributed by atoms with E-state index in [0.29, 0.717) is 11.1 Å². The van der Waals surface area contributed by atoms with Crippen LogP contribution in [0.5, 0.6) is 0 Å². The molecule has 0 saturated carbocycles. The van der Waals surface area contributed by atoms with Crippen LogP contribution < -0.4 is 5.32 Å². The fourth-order valence-corrected chi connectivity index (χ4v) is 2.94. The van der Waals surface area contributed by atoms with E-state index >= 15 is 0 Å². The Hall–Kier alpha value is -3.39. The molecule has 0 unspecified atom stereocenters. The second-order valence-corrected chi connectivity index (χ2v) is 6.93. The van der Waals surface area contributed by atoms with Crippen LogP contribution in [0, 0.1) is 24.0 Å². The van der Waals surface area contributed by atoms with Gasteiger partial charge in [0.2, 0.25) is 0 Å². The Bertz CT molecular complexity index is 1120. The van der Waals surface area contributed by atoms with Gasteiger partial charge in [-0.1, -0.05) is 11.6 Å². The number of ether oxygens (including phenoxy) is 1. The zero-order valence-corrected chi connectivity index (χ0v) is 16.4. The van der Waals surface area contributed by atoms with E-state index in [4.69, 9.17) is 20.8 Å². The van der Waals surface area contributed by atoms with Crippen molar-refractivity contribution in [3.63, 3.8) is 0 Å². The maximum atomic E-state index is 12.1. The molecule has 3 rings (SSSR count). The standard InChI is InChI=1S/C20H17ClN2O6/c1-11-5-15-13(9-28-18(15)6-12(11)2)7-20(25)29-10-19(24)22-16-4-3-14(21)8-17(16)23(26)27/h3-6,8-9H,7,10H2,1-2H3,(H,22,24). The van der Waals surface area contributed by atoms with E-state index in [1.807, 2.05) is 26.0 Å². The van der Waals surface area contributed by atoms with E-state index in [1.54, 1.807) is 0 Å². The molecule has 0 spiro atoms. The highest BCUT2D eigenvalue weighted by Gasteiger charge is 2.18. The normalized spacial score (nSPS) is 10.7. The van der Waals surface area contributed by atoms with Crippen LogP contribution in [-0.2, 0) is 20.7 Å². The summed E-state index contributed by atoms with van der Waals surface area (Å²) in [5, 5.41) is 14.4. The van der Waals surface area contributed by atoms with Gasteiger partial charge in [0.25, 0.3) is 11.6 Å². The minimum absolute atomic E-state index is 0.0351. The van der Waals surface area contributed by atoms with Crippen molar-refractivity contribution in [3.05, 3.63) is 68.4 Å². The summed E-state index contributed by atoms with van der Waals surface area (Å²) in [6.45, 7) is 3.35. The molecule has 3 aromatic rings. The van der Waals surface area contributed by atoms with E-state index in [2.05, 4.69) is 5.32 Å². The number of carbonyl (C=O) groups is 2. The summed E-state index contributed by atoms with van der Waals surface area (Å²) in [5.74, 6) is -1.32. The number of carbonyl (C=O) groups excluding carboxylic acids is 2. The molecule has 150 valence electrons. The molecule has 1 heterocycles. The Morgan fingerprint density at radius 1 is 1.21 bits per heavy atom. The van der Waals surface area contributed by atoms with E-state index < -0.39 is 23.4 Å². The van der Waals surface area contributed by atoms with Gasteiger partial charge in [0.05, 0.1) is 17.6 Å². The minimum atomic E-state index is -0.702. The summed E-state index contributed by atoms with van der Waals surface area (Å²) >= 11 is 5.73. The highest BCUT2D eigenvalue weighted by molar-refractivity contribution is 6.31. The van der Waals surface area contributed by atoms with Crippen molar-refractivity contribution >= 4 is 45.8 Å². The molecular weight excluding hydrogens is 400 g/mol. The lowest BCUT2D eigenvalue weighted by molar-refractivity contribution is -0.383. The molecule has 2 aromatic carbocycles. The van der Waals surface area contributed by atoms with Gasteiger partial charge in [-0.2, -0.15) is 0 Å². The summed E-state index contributed by atoms with van der Waals surface area (Å²) in [6, 6.07) is 7.66. The third kappa shape index (κ3) is 4.72. The van der Waals surface area contributed by atoms with Crippen LogP contribution in [0.25, 0.3) is 11.0 Å². The largest absolute Gasteiger partial charge is 0.464 e. The first-order valence-corrected chi connectivity index (χ1v) is 8.99.